The number of hydrogen-bond acceptors (Lipinski definition) is 3. The smallest absolute Gasteiger partial charge is 0.139 e. The molecule has 0 spiro atoms. The van der Waals surface area contributed by atoms with E-state index in [9.17, 15) is 4.79 Å². The second-order valence-corrected chi connectivity index (χ2v) is 6.33. The fourth-order valence-corrected chi connectivity index (χ4v) is 2.94. The molecule has 3 nitrogen and oxygen atoms in total. The summed E-state index contributed by atoms with van der Waals surface area (Å²) in [5.74, 6) is 1.09. The molecule has 1 N–H and O–H groups in total. The number of nitrogens with zero attached hydrogens (tertiary/aromatic N) is 1. The first-order valence-corrected chi connectivity index (χ1v) is 6.80. The maximum atomic E-state index is 11.6. The van der Waals surface area contributed by atoms with Gasteiger partial charge in [0, 0.05) is 25.1 Å². The molecule has 3 heteroatoms. The number of carbonyl (C=O) groups excluding carboxylic acids is 1. The highest BCUT2D eigenvalue weighted by Gasteiger charge is 2.30. The van der Waals surface area contributed by atoms with E-state index in [0.29, 0.717) is 12.2 Å². The number of Topliss-reactive ketones (excluding diaryl/α,β-unsaturated/α-hetero) is 1. The maximum Gasteiger partial charge on any atom is 0.139 e. The Bertz CT molecular complexity index is 314. The summed E-state index contributed by atoms with van der Waals surface area (Å²) in [7, 11) is 0. The van der Waals surface area contributed by atoms with E-state index in [-0.39, 0.29) is 5.41 Å². The first-order valence-electron chi connectivity index (χ1n) is 6.80. The first kappa shape index (κ1) is 12.7. The number of hydrogen-bond donors (Lipinski definition) is 1. The van der Waals surface area contributed by atoms with Crippen LogP contribution in [0.15, 0.2) is 4.99 Å². The summed E-state index contributed by atoms with van der Waals surface area (Å²) in [4.78, 5) is 16.4. The van der Waals surface area contributed by atoms with Gasteiger partial charge in [-0.2, -0.15) is 0 Å². The number of aliphatic imine (C=N–C) groups is 1. The van der Waals surface area contributed by atoms with Gasteiger partial charge in [-0.3, -0.25) is 9.79 Å². The molecule has 0 bridgehead atoms. The summed E-state index contributed by atoms with van der Waals surface area (Å²) in [6, 6.07) is 0. The summed E-state index contributed by atoms with van der Waals surface area (Å²) in [5.41, 5.74) is 1.27. The van der Waals surface area contributed by atoms with Gasteiger partial charge in [0.2, 0.25) is 0 Å². The third kappa shape index (κ3) is 3.91. The van der Waals surface area contributed by atoms with Crippen LogP contribution in [-0.4, -0.2) is 31.1 Å². The molecule has 1 saturated carbocycles. The number of piperidine rings is 1. The van der Waals surface area contributed by atoms with Crippen molar-refractivity contribution in [3.8, 4) is 0 Å². The fourth-order valence-electron chi connectivity index (χ4n) is 2.94. The van der Waals surface area contributed by atoms with Crippen LogP contribution in [0.2, 0.25) is 0 Å². The SMILES string of the molecule is CC1(C)CC(=O)CC(=NCC2CCNCC2)C1. The van der Waals surface area contributed by atoms with Gasteiger partial charge >= 0.3 is 0 Å². The lowest BCUT2D eigenvalue weighted by atomic mass is 9.76. The van der Waals surface area contributed by atoms with Crippen molar-refractivity contribution in [2.75, 3.05) is 19.6 Å². The second kappa shape index (κ2) is 5.30. The van der Waals surface area contributed by atoms with Gasteiger partial charge in [-0.15, -0.1) is 0 Å². The van der Waals surface area contributed by atoms with E-state index in [1.54, 1.807) is 0 Å². The van der Waals surface area contributed by atoms with E-state index in [1.165, 1.54) is 12.8 Å². The molecule has 1 aliphatic carbocycles. The van der Waals surface area contributed by atoms with Gasteiger partial charge in [-0.25, -0.2) is 0 Å². The van der Waals surface area contributed by atoms with Crippen molar-refractivity contribution in [2.24, 2.45) is 16.3 Å². The van der Waals surface area contributed by atoms with Gasteiger partial charge in [0.15, 0.2) is 0 Å². The van der Waals surface area contributed by atoms with Crippen LogP contribution in [0.5, 0.6) is 0 Å². The minimum atomic E-state index is 0.127. The number of rotatable bonds is 2. The van der Waals surface area contributed by atoms with Crippen molar-refractivity contribution in [3.05, 3.63) is 0 Å². The summed E-state index contributed by atoms with van der Waals surface area (Å²) in [6.07, 6.45) is 4.79. The van der Waals surface area contributed by atoms with Crippen LogP contribution in [0.3, 0.4) is 0 Å². The molecule has 0 aromatic carbocycles. The second-order valence-electron chi connectivity index (χ2n) is 6.33. The summed E-state index contributed by atoms with van der Waals surface area (Å²) >= 11 is 0. The minimum absolute atomic E-state index is 0.127. The minimum Gasteiger partial charge on any atom is -0.317 e. The highest BCUT2D eigenvalue weighted by molar-refractivity contribution is 6.04. The van der Waals surface area contributed by atoms with E-state index in [2.05, 4.69) is 19.2 Å². The molecule has 1 aliphatic heterocycles. The van der Waals surface area contributed by atoms with Crippen molar-refractivity contribution < 1.29 is 4.79 Å². The zero-order chi connectivity index (χ0) is 12.3. The predicted octanol–water partition coefficient (Wildman–Crippen LogP) is 2.21. The van der Waals surface area contributed by atoms with Crippen molar-refractivity contribution in [2.45, 2.75) is 46.0 Å². The van der Waals surface area contributed by atoms with Crippen LogP contribution < -0.4 is 5.32 Å². The summed E-state index contributed by atoms with van der Waals surface area (Å²) in [5, 5.41) is 3.37. The standard InChI is InChI=1S/C14H24N2O/c1-14(2)8-12(7-13(17)9-14)16-10-11-3-5-15-6-4-11/h11,15H,3-10H2,1-2H3. The lowest BCUT2D eigenvalue weighted by molar-refractivity contribution is -0.120. The van der Waals surface area contributed by atoms with E-state index in [1.807, 2.05) is 0 Å². The molecular weight excluding hydrogens is 212 g/mol. The molecule has 17 heavy (non-hydrogen) atoms. The molecule has 2 aliphatic rings. The van der Waals surface area contributed by atoms with E-state index < -0.39 is 0 Å². The molecule has 0 radical (unpaired) electrons. The van der Waals surface area contributed by atoms with Crippen LogP contribution in [0.4, 0.5) is 0 Å². The Balaban J connectivity index is 1.89. The molecule has 0 amide bonds. The normalized spacial score (nSPS) is 28.6. The van der Waals surface area contributed by atoms with Crippen LogP contribution in [-0.2, 0) is 4.79 Å². The highest BCUT2D eigenvalue weighted by atomic mass is 16.1. The lowest BCUT2D eigenvalue weighted by Gasteiger charge is -2.30. The third-order valence-corrected chi connectivity index (χ3v) is 3.79. The zero-order valence-electron chi connectivity index (χ0n) is 11.1. The number of ketones is 1. The van der Waals surface area contributed by atoms with Crippen molar-refractivity contribution in [1.82, 2.24) is 5.32 Å². The molecule has 0 aromatic rings. The molecule has 0 atom stereocenters. The fraction of sp³-hybridized carbons (Fsp3) is 0.857. The van der Waals surface area contributed by atoms with Gasteiger partial charge in [-0.1, -0.05) is 13.8 Å². The molecule has 0 unspecified atom stereocenters. The number of carbonyl (C=O) groups is 1. The molecule has 2 fully saturated rings. The van der Waals surface area contributed by atoms with Crippen LogP contribution in [0, 0.1) is 11.3 Å². The summed E-state index contributed by atoms with van der Waals surface area (Å²) in [6.45, 7) is 7.52. The average molecular weight is 236 g/mol. The quantitative estimate of drug-likeness (QED) is 0.798. The van der Waals surface area contributed by atoms with Crippen molar-refractivity contribution in [3.63, 3.8) is 0 Å². The topological polar surface area (TPSA) is 41.5 Å². The van der Waals surface area contributed by atoms with Gasteiger partial charge in [0.05, 0.1) is 0 Å². The Morgan fingerprint density at radius 2 is 2.00 bits per heavy atom. The summed E-state index contributed by atoms with van der Waals surface area (Å²) < 4.78 is 0. The maximum absolute atomic E-state index is 11.6. The molecule has 1 saturated heterocycles. The van der Waals surface area contributed by atoms with Gasteiger partial charge in [0.1, 0.15) is 5.78 Å². The lowest BCUT2D eigenvalue weighted by Crippen LogP contribution is -2.31. The van der Waals surface area contributed by atoms with Gasteiger partial charge in [-0.05, 0) is 43.7 Å². The van der Waals surface area contributed by atoms with E-state index in [4.69, 9.17) is 4.99 Å². The Hall–Kier alpha value is -0.700. The molecular formula is C14H24N2O. The highest BCUT2D eigenvalue weighted by Crippen LogP contribution is 2.32. The largest absolute Gasteiger partial charge is 0.317 e. The van der Waals surface area contributed by atoms with Crippen molar-refractivity contribution in [1.29, 1.82) is 0 Å². The Morgan fingerprint density at radius 3 is 2.65 bits per heavy atom. The van der Waals surface area contributed by atoms with E-state index in [0.717, 1.165) is 44.1 Å². The zero-order valence-corrected chi connectivity index (χ0v) is 11.1. The monoisotopic (exact) mass is 236 g/mol. The van der Waals surface area contributed by atoms with Crippen LogP contribution >= 0.6 is 0 Å². The Labute approximate surface area is 104 Å². The van der Waals surface area contributed by atoms with Crippen LogP contribution in [0.25, 0.3) is 0 Å². The average Bonchev–Trinajstić information content (AvgIpc) is 2.25. The molecule has 0 aromatic heterocycles. The van der Waals surface area contributed by atoms with Gasteiger partial charge < -0.3 is 5.32 Å². The van der Waals surface area contributed by atoms with E-state index >= 15 is 0 Å². The first-order chi connectivity index (χ1) is 8.05. The molecule has 2 rings (SSSR count). The van der Waals surface area contributed by atoms with Gasteiger partial charge in [0.25, 0.3) is 0 Å². The Morgan fingerprint density at radius 1 is 1.29 bits per heavy atom. The molecule has 96 valence electrons. The molecule has 1 heterocycles. The van der Waals surface area contributed by atoms with Crippen molar-refractivity contribution >= 4 is 11.5 Å². The third-order valence-electron chi connectivity index (χ3n) is 3.79. The number of nitrogens with one attached hydrogen (secondary N) is 1. The predicted molar refractivity (Wildman–Crippen MR) is 70.5 cm³/mol. The Kier molecular flexibility index (Phi) is 3.97. The van der Waals surface area contributed by atoms with Crippen LogP contribution in [0.1, 0.15) is 46.0 Å².